The van der Waals surface area contributed by atoms with Gasteiger partial charge in [-0.3, -0.25) is 0 Å². The third-order valence-corrected chi connectivity index (χ3v) is 3.89. The minimum atomic E-state index is -7.68. The highest BCUT2D eigenvalue weighted by molar-refractivity contribution is 5.11. The summed E-state index contributed by atoms with van der Waals surface area (Å²) in [4.78, 5) is 0. The summed E-state index contributed by atoms with van der Waals surface area (Å²) < 4.78 is 168. The highest BCUT2D eigenvalue weighted by atomic mass is 19.4. The molecule has 1 heterocycles. The van der Waals surface area contributed by atoms with Gasteiger partial charge in [-0.05, 0) is 19.3 Å². The zero-order valence-electron chi connectivity index (χ0n) is 13.6. The lowest BCUT2D eigenvalue weighted by molar-refractivity contribution is -0.430. The zero-order valence-corrected chi connectivity index (χ0v) is 13.6. The fourth-order valence-electron chi connectivity index (χ4n) is 2.08. The van der Waals surface area contributed by atoms with E-state index in [9.17, 15) is 52.7 Å². The minimum Gasteiger partial charge on any atom is -0.390 e. The van der Waals surface area contributed by atoms with Crippen molar-refractivity contribution in [1.29, 1.82) is 0 Å². The van der Waals surface area contributed by atoms with Gasteiger partial charge in [0.1, 0.15) is 13.2 Å². The van der Waals surface area contributed by atoms with Crippen molar-refractivity contribution in [2.45, 2.75) is 61.1 Å². The van der Waals surface area contributed by atoms with Crippen molar-refractivity contribution in [1.82, 2.24) is 0 Å². The van der Waals surface area contributed by atoms with Crippen molar-refractivity contribution in [2.75, 3.05) is 19.8 Å². The van der Waals surface area contributed by atoms with Gasteiger partial charge in [0.05, 0.1) is 0 Å². The Kier molecular flexibility index (Phi) is 6.90. The Labute approximate surface area is 149 Å². The number of ether oxygens (including phenoxy) is 2. The highest BCUT2D eigenvalue weighted by Crippen LogP contribution is 2.59. The molecule has 1 saturated heterocycles. The molecule has 0 amide bonds. The molecule has 1 fully saturated rings. The van der Waals surface area contributed by atoms with Gasteiger partial charge in [-0.1, -0.05) is 0 Å². The van der Waals surface area contributed by atoms with E-state index in [4.69, 9.17) is 5.11 Å². The summed E-state index contributed by atoms with van der Waals surface area (Å²) >= 11 is 0. The number of halogens is 12. The molecule has 0 aliphatic carbocycles. The van der Waals surface area contributed by atoms with E-state index in [1.54, 1.807) is 0 Å². The van der Waals surface area contributed by atoms with Gasteiger partial charge >= 0.3 is 35.5 Å². The second-order valence-electron chi connectivity index (χ2n) is 5.97. The summed E-state index contributed by atoms with van der Waals surface area (Å²) in [6.45, 7) is -5.85. The number of aliphatic hydroxyl groups excluding tert-OH is 1. The summed E-state index contributed by atoms with van der Waals surface area (Å²) in [5.41, 5.74) is 0. The van der Waals surface area contributed by atoms with Gasteiger partial charge in [-0.2, -0.15) is 52.7 Å². The Balaban J connectivity index is 3.16. The SMILES string of the molecule is OCC(F)(F)C(F)(F)C(F)(F)C(F)(F)C(F)(F)C(F)(F)COC1CCCCO1. The van der Waals surface area contributed by atoms with Crippen molar-refractivity contribution < 1.29 is 67.3 Å². The van der Waals surface area contributed by atoms with Crippen LogP contribution in [-0.4, -0.2) is 66.8 Å². The number of hydrogen-bond acceptors (Lipinski definition) is 3. The Hall–Kier alpha value is -0.960. The summed E-state index contributed by atoms with van der Waals surface area (Å²) in [6, 6.07) is 0. The standard InChI is InChI=1S/C13H14F12O3/c14-8(15,5-26)10(18,19)12(22,23)13(24,25)11(20,21)9(16,17)6-28-7-3-1-2-4-27-7/h7,26H,1-6H2. The molecule has 1 aliphatic heterocycles. The minimum absolute atomic E-state index is 0.0661. The van der Waals surface area contributed by atoms with E-state index in [-0.39, 0.29) is 13.0 Å². The van der Waals surface area contributed by atoms with Crippen LogP contribution >= 0.6 is 0 Å². The smallest absolute Gasteiger partial charge is 0.384 e. The van der Waals surface area contributed by atoms with Crippen LogP contribution < -0.4 is 0 Å². The molecule has 15 heteroatoms. The van der Waals surface area contributed by atoms with Crippen molar-refractivity contribution in [3.05, 3.63) is 0 Å². The van der Waals surface area contributed by atoms with Crippen LogP contribution in [0.3, 0.4) is 0 Å². The average Bonchev–Trinajstić information content (AvgIpc) is 2.60. The lowest BCUT2D eigenvalue weighted by Gasteiger charge is -2.41. The molecule has 1 rings (SSSR count). The fourth-order valence-corrected chi connectivity index (χ4v) is 2.08. The maximum absolute atomic E-state index is 13.5. The van der Waals surface area contributed by atoms with E-state index in [1.807, 2.05) is 0 Å². The molecule has 1 unspecified atom stereocenters. The summed E-state index contributed by atoms with van der Waals surface area (Å²) in [6.07, 6.45) is -0.951. The van der Waals surface area contributed by atoms with E-state index in [0.717, 1.165) is 0 Å². The molecule has 1 atom stereocenters. The first-order valence-corrected chi connectivity index (χ1v) is 7.50. The maximum Gasteiger partial charge on any atom is 0.384 e. The number of hydrogen-bond donors (Lipinski definition) is 1. The van der Waals surface area contributed by atoms with Gasteiger partial charge in [0.25, 0.3) is 0 Å². The molecule has 3 nitrogen and oxygen atoms in total. The summed E-state index contributed by atoms with van der Waals surface area (Å²) in [5, 5.41) is 7.97. The molecule has 0 aromatic carbocycles. The number of rotatable bonds is 9. The third kappa shape index (κ3) is 3.88. The van der Waals surface area contributed by atoms with Gasteiger partial charge in [0, 0.05) is 6.61 Å². The normalized spacial score (nSPS) is 21.1. The average molecular weight is 446 g/mol. The van der Waals surface area contributed by atoms with Crippen LogP contribution in [0.15, 0.2) is 0 Å². The summed E-state index contributed by atoms with van der Waals surface area (Å²) in [7, 11) is 0. The highest BCUT2D eigenvalue weighted by Gasteiger charge is 2.89. The molecule has 168 valence electrons. The molecule has 0 aromatic heterocycles. The first-order chi connectivity index (χ1) is 12.4. The molecule has 0 aromatic rings. The Morgan fingerprint density at radius 3 is 1.57 bits per heavy atom. The van der Waals surface area contributed by atoms with E-state index < -0.39 is 55.0 Å². The van der Waals surface area contributed by atoms with Crippen LogP contribution in [-0.2, 0) is 9.47 Å². The topological polar surface area (TPSA) is 38.7 Å². The van der Waals surface area contributed by atoms with Crippen molar-refractivity contribution in [3.8, 4) is 0 Å². The second-order valence-corrected chi connectivity index (χ2v) is 5.97. The Morgan fingerprint density at radius 2 is 1.18 bits per heavy atom. The van der Waals surface area contributed by atoms with Gasteiger partial charge in [0.2, 0.25) is 0 Å². The predicted octanol–water partition coefficient (Wildman–Crippen LogP) is 4.33. The Bertz CT molecular complexity index is 531. The molecule has 28 heavy (non-hydrogen) atoms. The fraction of sp³-hybridized carbons (Fsp3) is 1.00. The quantitative estimate of drug-likeness (QED) is 0.536. The molecule has 0 radical (unpaired) electrons. The lowest BCUT2D eigenvalue weighted by Crippen LogP contribution is -2.71. The molecule has 0 saturated carbocycles. The maximum atomic E-state index is 13.5. The largest absolute Gasteiger partial charge is 0.390 e. The van der Waals surface area contributed by atoms with E-state index in [2.05, 4.69) is 9.47 Å². The third-order valence-electron chi connectivity index (χ3n) is 3.89. The molecular formula is C13H14F12O3. The van der Waals surface area contributed by atoms with Crippen molar-refractivity contribution in [3.63, 3.8) is 0 Å². The zero-order chi connectivity index (χ0) is 22.2. The molecular weight excluding hydrogens is 432 g/mol. The lowest BCUT2D eigenvalue weighted by atomic mass is 9.91. The van der Waals surface area contributed by atoms with Crippen molar-refractivity contribution >= 4 is 0 Å². The molecule has 0 spiro atoms. The molecule has 1 N–H and O–H groups in total. The first kappa shape index (κ1) is 25.1. The van der Waals surface area contributed by atoms with Gasteiger partial charge in [-0.25, -0.2) is 0 Å². The van der Waals surface area contributed by atoms with Crippen LogP contribution in [0.5, 0.6) is 0 Å². The summed E-state index contributed by atoms with van der Waals surface area (Å²) in [5.74, 6) is -42.4. The van der Waals surface area contributed by atoms with Gasteiger partial charge in [0.15, 0.2) is 6.29 Å². The van der Waals surface area contributed by atoms with Crippen LogP contribution in [0.25, 0.3) is 0 Å². The Morgan fingerprint density at radius 1 is 0.714 bits per heavy atom. The first-order valence-electron chi connectivity index (χ1n) is 7.50. The molecule has 0 bridgehead atoms. The van der Waals surface area contributed by atoms with Gasteiger partial charge < -0.3 is 14.6 Å². The van der Waals surface area contributed by atoms with E-state index in [0.29, 0.717) is 12.8 Å². The van der Waals surface area contributed by atoms with Crippen LogP contribution in [0.1, 0.15) is 19.3 Å². The molecule has 1 aliphatic rings. The number of aliphatic hydroxyl groups is 1. The number of alkyl halides is 12. The van der Waals surface area contributed by atoms with Gasteiger partial charge in [-0.15, -0.1) is 0 Å². The van der Waals surface area contributed by atoms with Crippen LogP contribution in [0.2, 0.25) is 0 Å². The van der Waals surface area contributed by atoms with Crippen LogP contribution in [0.4, 0.5) is 52.7 Å². The monoisotopic (exact) mass is 446 g/mol. The predicted molar refractivity (Wildman–Crippen MR) is 66.3 cm³/mol. The second kappa shape index (κ2) is 7.70. The van der Waals surface area contributed by atoms with Crippen molar-refractivity contribution in [2.24, 2.45) is 0 Å². The van der Waals surface area contributed by atoms with E-state index >= 15 is 0 Å². The van der Waals surface area contributed by atoms with E-state index in [1.165, 1.54) is 0 Å². The van der Waals surface area contributed by atoms with Crippen LogP contribution in [0, 0.1) is 0 Å².